The van der Waals surface area contributed by atoms with E-state index in [0.717, 1.165) is 11.3 Å². The SMILES string of the molecule is CCOc1cc(CNNc2ccccc2)ccc1OCC(N)=O. The molecule has 0 spiro atoms. The number of amides is 1. The third-order valence-corrected chi connectivity index (χ3v) is 2.98. The fourth-order valence-electron chi connectivity index (χ4n) is 1.97. The van der Waals surface area contributed by atoms with E-state index in [1.54, 1.807) is 6.07 Å². The standard InChI is InChI=1S/C17H21N3O3/c1-2-22-16-10-13(8-9-15(16)23-12-17(18)21)11-19-20-14-6-4-3-5-7-14/h3-10,19-20H,2,11-12H2,1H3,(H2,18,21). The minimum Gasteiger partial charge on any atom is -0.490 e. The van der Waals surface area contributed by atoms with Crippen LogP contribution in [0, 0.1) is 0 Å². The Bertz CT molecular complexity index is 632. The van der Waals surface area contributed by atoms with E-state index in [0.29, 0.717) is 24.7 Å². The van der Waals surface area contributed by atoms with Crippen molar-refractivity contribution in [2.75, 3.05) is 18.6 Å². The monoisotopic (exact) mass is 315 g/mol. The van der Waals surface area contributed by atoms with Gasteiger partial charge in [-0.25, -0.2) is 5.43 Å². The van der Waals surface area contributed by atoms with Gasteiger partial charge in [-0.05, 0) is 36.8 Å². The van der Waals surface area contributed by atoms with Crippen LogP contribution in [0.3, 0.4) is 0 Å². The van der Waals surface area contributed by atoms with Crippen molar-refractivity contribution in [3.63, 3.8) is 0 Å². The van der Waals surface area contributed by atoms with Crippen LogP contribution >= 0.6 is 0 Å². The number of nitrogens with two attached hydrogens (primary N) is 1. The summed E-state index contributed by atoms with van der Waals surface area (Å²) >= 11 is 0. The van der Waals surface area contributed by atoms with Gasteiger partial charge in [-0.3, -0.25) is 4.79 Å². The molecule has 0 saturated heterocycles. The molecule has 6 nitrogen and oxygen atoms in total. The fraction of sp³-hybridized carbons (Fsp3) is 0.235. The second-order valence-corrected chi connectivity index (χ2v) is 4.81. The van der Waals surface area contributed by atoms with Gasteiger partial charge in [-0.15, -0.1) is 0 Å². The zero-order valence-corrected chi connectivity index (χ0v) is 13.0. The van der Waals surface area contributed by atoms with E-state index in [1.165, 1.54) is 0 Å². The number of ether oxygens (including phenoxy) is 2. The molecule has 4 N–H and O–H groups in total. The maximum atomic E-state index is 10.8. The highest BCUT2D eigenvalue weighted by Crippen LogP contribution is 2.28. The van der Waals surface area contributed by atoms with Gasteiger partial charge < -0.3 is 20.6 Å². The summed E-state index contributed by atoms with van der Waals surface area (Å²) in [6.45, 7) is 2.82. The lowest BCUT2D eigenvalue weighted by molar-refractivity contribution is -0.119. The number of nitrogens with one attached hydrogen (secondary N) is 2. The van der Waals surface area contributed by atoms with Crippen molar-refractivity contribution >= 4 is 11.6 Å². The third-order valence-electron chi connectivity index (χ3n) is 2.98. The van der Waals surface area contributed by atoms with Crippen molar-refractivity contribution in [2.24, 2.45) is 5.73 Å². The molecule has 6 heteroatoms. The number of hydrazine groups is 1. The number of anilines is 1. The highest BCUT2D eigenvalue weighted by Gasteiger charge is 2.08. The molecule has 0 aromatic heterocycles. The molecule has 2 aromatic carbocycles. The van der Waals surface area contributed by atoms with Crippen LogP contribution < -0.4 is 26.1 Å². The molecular weight excluding hydrogens is 294 g/mol. The van der Waals surface area contributed by atoms with Crippen LogP contribution in [0.4, 0.5) is 5.69 Å². The summed E-state index contributed by atoms with van der Waals surface area (Å²) in [7, 11) is 0. The number of primary amides is 1. The molecular formula is C17H21N3O3. The molecule has 0 aliphatic heterocycles. The van der Waals surface area contributed by atoms with E-state index in [-0.39, 0.29) is 6.61 Å². The van der Waals surface area contributed by atoms with E-state index in [2.05, 4.69) is 10.9 Å². The first-order chi connectivity index (χ1) is 11.2. The molecule has 0 saturated carbocycles. The van der Waals surface area contributed by atoms with Crippen molar-refractivity contribution < 1.29 is 14.3 Å². The number of rotatable bonds is 9. The maximum Gasteiger partial charge on any atom is 0.255 e. The van der Waals surface area contributed by atoms with Gasteiger partial charge in [-0.2, -0.15) is 0 Å². The van der Waals surface area contributed by atoms with E-state index >= 15 is 0 Å². The van der Waals surface area contributed by atoms with Gasteiger partial charge in [0.25, 0.3) is 5.91 Å². The number of para-hydroxylation sites is 1. The minimum absolute atomic E-state index is 0.173. The summed E-state index contributed by atoms with van der Waals surface area (Å²) in [6.07, 6.45) is 0. The molecule has 0 heterocycles. The lowest BCUT2D eigenvalue weighted by Crippen LogP contribution is -2.21. The van der Waals surface area contributed by atoms with Crippen LogP contribution in [0.2, 0.25) is 0 Å². The zero-order valence-electron chi connectivity index (χ0n) is 13.0. The van der Waals surface area contributed by atoms with Crippen LogP contribution in [0.25, 0.3) is 0 Å². The third kappa shape index (κ3) is 5.52. The van der Waals surface area contributed by atoms with Gasteiger partial charge >= 0.3 is 0 Å². The topological polar surface area (TPSA) is 85.6 Å². The zero-order chi connectivity index (χ0) is 16.5. The molecule has 0 aliphatic rings. The van der Waals surface area contributed by atoms with E-state index in [1.807, 2.05) is 49.4 Å². The lowest BCUT2D eigenvalue weighted by atomic mass is 10.2. The second-order valence-electron chi connectivity index (χ2n) is 4.81. The molecule has 1 amide bonds. The normalized spacial score (nSPS) is 10.1. The van der Waals surface area contributed by atoms with Crippen molar-refractivity contribution in [2.45, 2.75) is 13.5 Å². The predicted octanol–water partition coefficient (Wildman–Crippen LogP) is 2.07. The van der Waals surface area contributed by atoms with E-state index in [4.69, 9.17) is 15.2 Å². The quantitative estimate of drug-likeness (QED) is 0.617. The molecule has 0 unspecified atom stereocenters. The van der Waals surface area contributed by atoms with Crippen LogP contribution in [0.15, 0.2) is 48.5 Å². The summed E-state index contributed by atoms with van der Waals surface area (Å²) in [4.78, 5) is 10.8. The van der Waals surface area contributed by atoms with Gasteiger partial charge in [0.2, 0.25) is 0 Å². The molecule has 122 valence electrons. The van der Waals surface area contributed by atoms with Gasteiger partial charge in [0.15, 0.2) is 18.1 Å². The Balaban J connectivity index is 1.96. The van der Waals surface area contributed by atoms with Gasteiger partial charge in [0, 0.05) is 12.2 Å². The van der Waals surface area contributed by atoms with Crippen LogP contribution in [0.5, 0.6) is 11.5 Å². The molecule has 0 fully saturated rings. The number of hydrogen-bond donors (Lipinski definition) is 3. The van der Waals surface area contributed by atoms with Crippen LogP contribution in [-0.2, 0) is 11.3 Å². The number of benzene rings is 2. The van der Waals surface area contributed by atoms with Crippen LogP contribution in [-0.4, -0.2) is 19.1 Å². The van der Waals surface area contributed by atoms with Gasteiger partial charge in [0.1, 0.15) is 0 Å². The Labute approximate surface area is 135 Å². The highest BCUT2D eigenvalue weighted by atomic mass is 16.5. The molecule has 23 heavy (non-hydrogen) atoms. The average molecular weight is 315 g/mol. The molecule has 0 aliphatic carbocycles. The van der Waals surface area contributed by atoms with Gasteiger partial charge in [-0.1, -0.05) is 24.3 Å². The molecule has 2 aromatic rings. The van der Waals surface area contributed by atoms with Crippen molar-refractivity contribution in [3.05, 3.63) is 54.1 Å². The van der Waals surface area contributed by atoms with Gasteiger partial charge in [0.05, 0.1) is 6.61 Å². The number of carbonyl (C=O) groups is 1. The molecule has 0 radical (unpaired) electrons. The van der Waals surface area contributed by atoms with Crippen molar-refractivity contribution in [1.29, 1.82) is 0 Å². The Morgan fingerprint density at radius 2 is 1.87 bits per heavy atom. The summed E-state index contributed by atoms with van der Waals surface area (Å²) in [5, 5.41) is 0. The second kappa shape index (κ2) is 8.65. The average Bonchev–Trinajstić information content (AvgIpc) is 2.55. The Hall–Kier alpha value is -2.73. The van der Waals surface area contributed by atoms with Crippen LogP contribution in [0.1, 0.15) is 12.5 Å². The predicted molar refractivity (Wildman–Crippen MR) is 89.2 cm³/mol. The summed E-state index contributed by atoms with van der Waals surface area (Å²) in [6, 6.07) is 15.4. The molecule has 0 atom stereocenters. The highest BCUT2D eigenvalue weighted by molar-refractivity contribution is 5.75. The first kappa shape index (κ1) is 16.6. The molecule has 2 rings (SSSR count). The number of carbonyl (C=O) groups excluding carboxylic acids is 1. The maximum absolute atomic E-state index is 10.8. The first-order valence-electron chi connectivity index (χ1n) is 7.39. The fourth-order valence-corrected chi connectivity index (χ4v) is 1.97. The molecule has 0 bridgehead atoms. The van der Waals surface area contributed by atoms with E-state index < -0.39 is 5.91 Å². The van der Waals surface area contributed by atoms with Crippen molar-refractivity contribution in [1.82, 2.24) is 5.43 Å². The summed E-state index contributed by atoms with van der Waals surface area (Å²) < 4.78 is 10.9. The Kier molecular flexibility index (Phi) is 6.26. The Morgan fingerprint density at radius 1 is 1.09 bits per heavy atom. The van der Waals surface area contributed by atoms with E-state index in [9.17, 15) is 4.79 Å². The van der Waals surface area contributed by atoms with Crippen molar-refractivity contribution in [3.8, 4) is 11.5 Å². The first-order valence-corrected chi connectivity index (χ1v) is 7.39. The smallest absolute Gasteiger partial charge is 0.255 e. The summed E-state index contributed by atoms with van der Waals surface area (Å²) in [5.41, 5.74) is 13.3. The lowest BCUT2D eigenvalue weighted by Gasteiger charge is -2.13. The summed E-state index contributed by atoms with van der Waals surface area (Å²) in [5.74, 6) is 0.573. The Morgan fingerprint density at radius 3 is 2.57 bits per heavy atom. The minimum atomic E-state index is -0.523. The number of hydrogen-bond acceptors (Lipinski definition) is 5. The largest absolute Gasteiger partial charge is 0.490 e.